The van der Waals surface area contributed by atoms with Gasteiger partial charge in [0.05, 0.1) is 0 Å². The molecule has 0 aromatic heterocycles. The second-order valence-electron chi connectivity index (χ2n) is 9.20. The average molecular weight is 396 g/mol. The minimum absolute atomic E-state index is 0.0626. The van der Waals surface area contributed by atoms with Crippen molar-refractivity contribution in [3.63, 3.8) is 0 Å². The first kappa shape index (κ1) is 20.2. The lowest BCUT2D eigenvalue weighted by Crippen LogP contribution is -2.28. The quantitative estimate of drug-likeness (QED) is 0.481. The Hall–Kier alpha value is -1.07. The van der Waals surface area contributed by atoms with E-state index in [1.54, 1.807) is 10.9 Å². The third kappa shape index (κ3) is 4.40. The van der Waals surface area contributed by atoms with E-state index in [9.17, 15) is 0 Å². The van der Waals surface area contributed by atoms with Crippen LogP contribution in [0.1, 0.15) is 82.6 Å². The van der Waals surface area contributed by atoms with Crippen molar-refractivity contribution in [3.8, 4) is 0 Å². The summed E-state index contributed by atoms with van der Waals surface area (Å²) in [5.74, 6) is 0. The molecular formula is C26H38NP. The second kappa shape index (κ2) is 9.62. The Balaban J connectivity index is 1.77. The fraction of sp³-hybridized carbons (Fsp3) is 0.615. The van der Waals surface area contributed by atoms with Crippen LogP contribution in [-0.2, 0) is 0 Å². The van der Waals surface area contributed by atoms with Crippen molar-refractivity contribution >= 4 is 18.8 Å². The van der Waals surface area contributed by atoms with Gasteiger partial charge in [0.2, 0.25) is 0 Å². The maximum Gasteiger partial charge on any atom is 0.0210 e. The number of hydrogen-bond donors (Lipinski definition) is 0. The second-order valence-corrected chi connectivity index (χ2v) is 12.0. The predicted molar refractivity (Wildman–Crippen MR) is 126 cm³/mol. The van der Waals surface area contributed by atoms with E-state index in [2.05, 4.69) is 55.4 Å². The summed E-state index contributed by atoms with van der Waals surface area (Å²) in [5.41, 5.74) is 6.51. The fourth-order valence-electron chi connectivity index (χ4n) is 5.70. The van der Waals surface area contributed by atoms with Gasteiger partial charge >= 0.3 is 0 Å². The Morgan fingerprint density at radius 2 is 1.43 bits per heavy atom. The van der Waals surface area contributed by atoms with E-state index in [0.29, 0.717) is 0 Å². The highest BCUT2D eigenvalue weighted by Crippen LogP contribution is 2.56. The van der Waals surface area contributed by atoms with Gasteiger partial charge in [-0.2, -0.15) is 0 Å². The van der Waals surface area contributed by atoms with Crippen molar-refractivity contribution in [2.75, 3.05) is 14.1 Å². The van der Waals surface area contributed by atoms with Crippen LogP contribution in [0.4, 0.5) is 0 Å². The minimum atomic E-state index is -0.0626. The van der Waals surface area contributed by atoms with Crippen LogP contribution in [0.25, 0.3) is 5.57 Å². The summed E-state index contributed by atoms with van der Waals surface area (Å²) in [7, 11) is 4.39. The van der Waals surface area contributed by atoms with E-state index < -0.39 is 0 Å². The monoisotopic (exact) mass is 395 g/mol. The van der Waals surface area contributed by atoms with E-state index in [1.165, 1.54) is 88.3 Å². The van der Waals surface area contributed by atoms with Gasteiger partial charge in [-0.15, -0.1) is 0 Å². The van der Waals surface area contributed by atoms with Gasteiger partial charge in [0.25, 0.3) is 0 Å². The summed E-state index contributed by atoms with van der Waals surface area (Å²) >= 11 is 0. The number of nitrogens with zero attached hydrogens (tertiary/aromatic N) is 1. The molecule has 4 rings (SSSR count). The number of allylic oxidation sites excluding steroid dienone is 4. The summed E-state index contributed by atoms with van der Waals surface area (Å²) in [6.45, 7) is 0. The van der Waals surface area contributed by atoms with Crippen LogP contribution in [0, 0.1) is 0 Å². The summed E-state index contributed by atoms with van der Waals surface area (Å²) in [6, 6.07) is 9.55. The lowest BCUT2D eigenvalue weighted by molar-refractivity contribution is 0.486. The van der Waals surface area contributed by atoms with Gasteiger partial charge in [-0.3, -0.25) is 0 Å². The summed E-state index contributed by atoms with van der Waals surface area (Å²) < 4.78 is 0. The molecule has 2 heteroatoms. The molecule has 1 aromatic carbocycles. The zero-order chi connectivity index (χ0) is 19.3. The van der Waals surface area contributed by atoms with E-state index >= 15 is 0 Å². The van der Waals surface area contributed by atoms with Gasteiger partial charge in [-0.05, 0) is 60.7 Å². The highest BCUT2D eigenvalue weighted by Gasteiger charge is 2.34. The van der Waals surface area contributed by atoms with Crippen LogP contribution in [-0.4, -0.2) is 30.3 Å². The molecule has 0 unspecified atom stereocenters. The maximum atomic E-state index is 2.52. The molecule has 3 aliphatic rings. The van der Waals surface area contributed by atoms with Crippen molar-refractivity contribution < 1.29 is 0 Å². The molecule has 0 aliphatic heterocycles. The standard InChI is InChI=1S/C26H38NP/c1-27(2)25-19-11-9-17-23(25)24-18-10-12-20-26(24)28(21-13-5-3-6-14-21)22-15-7-4-8-16-22/h9-10,12,17-18,20-22H,3-8,11,13-16,19H2,1-2H3. The van der Waals surface area contributed by atoms with E-state index in [-0.39, 0.29) is 7.92 Å². The first-order valence-corrected chi connectivity index (χ1v) is 13.2. The highest BCUT2D eigenvalue weighted by molar-refractivity contribution is 7.67. The molecule has 0 bridgehead atoms. The number of rotatable bonds is 5. The van der Waals surface area contributed by atoms with Gasteiger partial charge in [0.1, 0.15) is 0 Å². The van der Waals surface area contributed by atoms with Gasteiger partial charge in [0, 0.05) is 25.4 Å². The molecule has 2 fully saturated rings. The molecule has 0 spiro atoms. The van der Waals surface area contributed by atoms with Crippen LogP contribution < -0.4 is 5.30 Å². The molecule has 152 valence electrons. The molecule has 0 atom stereocenters. The van der Waals surface area contributed by atoms with Crippen LogP contribution in [0.5, 0.6) is 0 Å². The van der Waals surface area contributed by atoms with Crippen molar-refractivity contribution in [2.45, 2.75) is 88.4 Å². The third-order valence-corrected chi connectivity index (χ3v) is 10.6. The lowest BCUT2D eigenvalue weighted by Gasteiger charge is -2.40. The van der Waals surface area contributed by atoms with Crippen LogP contribution in [0.3, 0.4) is 0 Å². The fourth-order valence-corrected chi connectivity index (χ4v) is 9.66. The lowest BCUT2D eigenvalue weighted by atomic mass is 9.96. The van der Waals surface area contributed by atoms with Gasteiger partial charge < -0.3 is 4.90 Å². The number of benzene rings is 1. The number of hydrogen-bond acceptors (Lipinski definition) is 1. The highest BCUT2D eigenvalue weighted by atomic mass is 31.1. The molecular weight excluding hydrogens is 357 g/mol. The molecule has 3 aliphatic carbocycles. The zero-order valence-corrected chi connectivity index (χ0v) is 18.9. The Morgan fingerprint density at radius 1 is 0.821 bits per heavy atom. The summed E-state index contributed by atoms with van der Waals surface area (Å²) in [4.78, 5) is 2.36. The third-order valence-electron chi connectivity index (χ3n) is 7.09. The first-order valence-electron chi connectivity index (χ1n) is 11.7. The largest absolute Gasteiger partial charge is 0.380 e. The van der Waals surface area contributed by atoms with Crippen LogP contribution >= 0.6 is 7.92 Å². The van der Waals surface area contributed by atoms with Gasteiger partial charge in [-0.25, -0.2) is 0 Å². The molecule has 0 saturated heterocycles. The van der Waals surface area contributed by atoms with Crippen molar-refractivity contribution in [2.24, 2.45) is 0 Å². The molecule has 1 nitrogen and oxygen atoms in total. The Bertz CT molecular complexity index is 687. The van der Waals surface area contributed by atoms with Gasteiger partial charge in [-0.1, -0.05) is 82.9 Å². The minimum Gasteiger partial charge on any atom is -0.380 e. The van der Waals surface area contributed by atoms with E-state index in [0.717, 1.165) is 11.3 Å². The molecule has 0 heterocycles. The SMILES string of the molecule is CN(C)C1=C(c2ccccc2P(C2CCCCC2)C2CCCCC2)C=CCC1. The summed E-state index contributed by atoms with van der Waals surface area (Å²) in [6.07, 6.45) is 21.9. The smallest absolute Gasteiger partial charge is 0.0210 e. The first-order chi connectivity index (χ1) is 13.8. The molecule has 28 heavy (non-hydrogen) atoms. The molecule has 1 aromatic rings. The summed E-state index contributed by atoms with van der Waals surface area (Å²) in [5, 5.41) is 1.73. The molecule has 2 saturated carbocycles. The zero-order valence-electron chi connectivity index (χ0n) is 18.0. The van der Waals surface area contributed by atoms with Crippen molar-refractivity contribution in [1.82, 2.24) is 4.90 Å². The Morgan fingerprint density at radius 3 is 2.04 bits per heavy atom. The van der Waals surface area contributed by atoms with Crippen molar-refractivity contribution in [1.29, 1.82) is 0 Å². The topological polar surface area (TPSA) is 3.24 Å². The molecule has 0 amide bonds. The Labute approximate surface area is 174 Å². The molecule has 0 N–H and O–H groups in total. The van der Waals surface area contributed by atoms with Crippen LogP contribution in [0.2, 0.25) is 0 Å². The average Bonchev–Trinajstić information content (AvgIpc) is 2.76. The normalized spacial score (nSPS) is 22.1. The van der Waals surface area contributed by atoms with Crippen LogP contribution in [0.15, 0.2) is 42.1 Å². The molecule has 0 radical (unpaired) electrons. The van der Waals surface area contributed by atoms with Crippen molar-refractivity contribution in [3.05, 3.63) is 47.7 Å². The predicted octanol–water partition coefficient (Wildman–Crippen LogP) is 7.08. The van der Waals surface area contributed by atoms with Gasteiger partial charge in [0.15, 0.2) is 0 Å². The maximum absolute atomic E-state index is 2.52. The van der Waals surface area contributed by atoms with E-state index in [1.807, 2.05) is 0 Å². The Kier molecular flexibility index (Phi) is 6.94. The van der Waals surface area contributed by atoms with E-state index in [4.69, 9.17) is 0 Å².